The fourth-order valence-corrected chi connectivity index (χ4v) is 3.25. The van der Waals surface area contributed by atoms with Gasteiger partial charge in [0, 0.05) is 0 Å². The van der Waals surface area contributed by atoms with Gasteiger partial charge in [0.1, 0.15) is 0 Å². The van der Waals surface area contributed by atoms with E-state index < -0.39 is 20.8 Å². The first-order valence-electron chi connectivity index (χ1n) is 8.63. The summed E-state index contributed by atoms with van der Waals surface area (Å²) in [5.74, 6) is 0. The molecule has 0 spiro atoms. The summed E-state index contributed by atoms with van der Waals surface area (Å²) >= 11 is -0.826. The molecule has 0 radical (unpaired) electrons. The van der Waals surface area contributed by atoms with Gasteiger partial charge in [0.05, 0.1) is 0 Å². The van der Waals surface area contributed by atoms with Crippen molar-refractivity contribution in [3.8, 4) is 11.1 Å². The molecule has 1 aliphatic rings. The van der Waals surface area contributed by atoms with Crippen molar-refractivity contribution in [3.05, 3.63) is 65.2 Å². The van der Waals surface area contributed by atoms with Gasteiger partial charge in [-0.05, 0) is 41.5 Å². The summed E-state index contributed by atoms with van der Waals surface area (Å²) in [4.78, 5) is 0. The summed E-state index contributed by atoms with van der Waals surface area (Å²) in [7, 11) is 9.87. The molecule has 0 saturated carbocycles. The molecule has 3 heteroatoms. The predicted molar refractivity (Wildman–Crippen MR) is 104 cm³/mol. The zero-order valence-electron chi connectivity index (χ0n) is 14.2. The number of halogens is 2. The van der Waals surface area contributed by atoms with Crippen molar-refractivity contribution in [2.75, 3.05) is 0 Å². The van der Waals surface area contributed by atoms with Gasteiger partial charge >= 0.3 is 37.9 Å². The van der Waals surface area contributed by atoms with Crippen molar-refractivity contribution in [2.45, 2.75) is 45.4 Å². The van der Waals surface area contributed by atoms with E-state index in [4.69, 9.17) is 17.0 Å². The first kappa shape index (κ1) is 20.0. The third-order valence-electron chi connectivity index (χ3n) is 4.40. The van der Waals surface area contributed by atoms with Gasteiger partial charge in [0.2, 0.25) is 0 Å². The fraction of sp³-hybridized carbons (Fsp3) is 0.333. The van der Waals surface area contributed by atoms with Crippen LogP contribution >= 0.6 is 17.0 Å². The van der Waals surface area contributed by atoms with E-state index in [1.807, 2.05) is 0 Å². The average molecular weight is 439 g/mol. The Morgan fingerprint density at radius 2 is 1.67 bits per heavy atom. The van der Waals surface area contributed by atoms with E-state index in [1.165, 1.54) is 54.4 Å². The Hall–Kier alpha value is -0.357. The van der Waals surface area contributed by atoms with Crippen LogP contribution < -0.4 is 0 Å². The predicted octanol–water partition coefficient (Wildman–Crippen LogP) is 7.64. The molecule has 0 aromatic heterocycles. The summed E-state index contributed by atoms with van der Waals surface area (Å²) in [6, 6.07) is 17.5. The van der Waals surface area contributed by atoms with Crippen LogP contribution in [0.4, 0.5) is 0 Å². The SMILES string of the molecule is CCCCCCC1=Cc2c(cccc2-c2ccccc2)C1.[Cl][Zr][Cl]. The van der Waals surface area contributed by atoms with E-state index >= 15 is 0 Å². The third-order valence-corrected chi connectivity index (χ3v) is 4.40. The minimum atomic E-state index is -0.826. The molecule has 2 aromatic carbocycles. The number of unbranched alkanes of at least 4 members (excludes halogenated alkanes) is 3. The van der Waals surface area contributed by atoms with E-state index in [-0.39, 0.29) is 0 Å². The zero-order chi connectivity index (χ0) is 17.2. The Balaban J connectivity index is 0.000000647. The molecule has 0 nitrogen and oxygen atoms in total. The van der Waals surface area contributed by atoms with Crippen molar-refractivity contribution < 1.29 is 20.8 Å². The number of fused-ring (bicyclic) bond motifs is 1. The van der Waals surface area contributed by atoms with Crippen LogP contribution in [0.25, 0.3) is 17.2 Å². The van der Waals surface area contributed by atoms with E-state index in [0.717, 1.165) is 6.42 Å². The van der Waals surface area contributed by atoms with E-state index in [9.17, 15) is 0 Å². The molecule has 0 saturated heterocycles. The van der Waals surface area contributed by atoms with Crippen LogP contribution in [-0.2, 0) is 27.3 Å². The summed E-state index contributed by atoms with van der Waals surface area (Å²) < 4.78 is 0. The first-order chi connectivity index (χ1) is 11.8. The Morgan fingerprint density at radius 3 is 2.38 bits per heavy atom. The standard InChI is InChI=1S/C21H24.2ClH.Zr/c1-2-3-4-6-10-17-15-19-13-9-14-20(21(19)16-17)18-11-7-5-8-12-18;;;/h5,7-9,11-14,16H,2-4,6,10,15H2,1H3;2*1H;/q;;;+2/p-2. The number of hydrogen-bond acceptors (Lipinski definition) is 0. The van der Waals surface area contributed by atoms with Crippen LogP contribution in [0.1, 0.15) is 50.2 Å². The molecule has 0 bridgehead atoms. The third kappa shape index (κ3) is 5.87. The number of allylic oxidation sites excluding steroid dienone is 1. The van der Waals surface area contributed by atoms with Crippen molar-refractivity contribution in [3.63, 3.8) is 0 Å². The molecule has 24 heavy (non-hydrogen) atoms. The van der Waals surface area contributed by atoms with Crippen molar-refractivity contribution in [1.29, 1.82) is 0 Å². The van der Waals surface area contributed by atoms with Gasteiger partial charge in [0.25, 0.3) is 0 Å². The molecular weight excluding hydrogens is 414 g/mol. The van der Waals surface area contributed by atoms with Crippen molar-refractivity contribution in [2.24, 2.45) is 0 Å². The van der Waals surface area contributed by atoms with Crippen LogP contribution in [0.15, 0.2) is 54.1 Å². The quantitative estimate of drug-likeness (QED) is 0.407. The van der Waals surface area contributed by atoms with Crippen LogP contribution in [0, 0.1) is 0 Å². The Bertz CT molecular complexity index is 650. The normalized spacial score (nSPS) is 12.0. The topological polar surface area (TPSA) is 0 Å². The Morgan fingerprint density at radius 1 is 0.917 bits per heavy atom. The molecule has 2 aromatic rings. The van der Waals surface area contributed by atoms with Gasteiger partial charge < -0.3 is 0 Å². The second-order valence-electron chi connectivity index (χ2n) is 6.11. The molecular formula is C21H24Cl2Zr. The van der Waals surface area contributed by atoms with Crippen molar-refractivity contribution >= 4 is 23.1 Å². The molecule has 0 atom stereocenters. The Kier molecular flexibility index (Phi) is 9.39. The maximum absolute atomic E-state index is 4.93. The van der Waals surface area contributed by atoms with Crippen molar-refractivity contribution in [1.82, 2.24) is 0 Å². The van der Waals surface area contributed by atoms with E-state index in [1.54, 1.807) is 5.57 Å². The van der Waals surface area contributed by atoms with Gasteiger partial charge in [-0.1, -0.05) is 86.4 Å². The summed E-state index contributed by atoms with van der Waals surface area (Å²) in [5, 5.41) is 0. The number of hydrogen-bond donors (Lipinski definition) is 0. The average Bonchev–Trinajstić information content (AvgIpc) is 3.03. The second-order valence-corrected chi connectivity index (χ2v) is 9.84. The number of benzene rings is 2. The molecule has 0 N–H and O–H groups in total. The molecule has 1 aliphatic carbocycles. The van der Waals surface area contributed by atoms with Gasteiger partial charge in [-0.2, -0.15) is 0 Å². The van der Waals surface area contributed by atoms with Crippen LogP contribution in [-0.4, -0.2) is 0 Å². The summed E-state index contributed by atoms with van der Waals surface area (Å²) in [6.45, 7) is 2.27. The zero-order valence-corrected chi connectivity index (χ0v) is 18.2. The van der Waals surface area contributed by atoms with Gasteiger partial charge in [-0.3, -0.25) is 0 Å². The minimum absolute atomic E-state index is 0.826. The maximum atomic E-state index is 4.93. The fourth-order valence-electron chi connectivity index (χ4n) is 3.25. The monoisotopic (exact) mass is 436 g/mol. The molecule has 0 amide bonds. The van der Waals surface area contributed by atoms with Gasteiger partial charge in [-0.25, -0.2) is 0 Å². The molecule has 3 rings (SSSR count). The van der Waals surface area contributed by atoms with Crippen LogP contribution in [0.2, 0.25) is 0 Å². The van der Waals surface area contributed by atoms with Gasteiger partial charge in [0.15, 0.2) is 0 Å². The summed E-state index contributed by atoms with van der Waals surface area (Å²) in [5.41, 5.74) is 7.29. The van der Waals surface area contributed by atoms with E-state index in [0.29, 0.717) is 0 Å². The molecule has 0 unspecified atom stereocenters. The molecule has 126 valence electrons. The molecule has 0 aliphatic heterocycles. The Labute approximate surface area is 164 Å². The van der Waals surface area contributed by atoms with Gasteiger partial charge in [-0.15, -0.1) is 0 Å². The molecule has 0 heterocycles. The summed E-state index contributed by atoms with van der Waals surface area (Å²) in [6.07, 6.45) is 10.3. The second kappa shape index (κ2) is 11.3. The first-order valence-corrected chi connectivity index (χ1v) is 15.0. The van der Waals surface area contributed by atoms with Crippen LogP contribution in [0.3, 0.4) is 0 Å². The van der Waals surface area contributed by atoms with Crippen LogP contribution in [0.5, 0.6) is 0 Å². The van der Waals surface area contributed by atoms with E-state index in [2.05, 4.69) is 61.5 Å². The number of rotatable bonds is 6. The molecule has 0 fully saturated rings.